The van der Waals surface area contributed by atoms with Gasteiger partial charge in [-0.15, -0.1) is 0 Å². The van der Waals surface area contributed by atoms with Crippen LogP contribution in [-0.4, -0.2) is 9.91 Å². The maximum atomic E-state index is 12.7. The van der Waals surface area contributed by atoms with Crippen LogP contribution in [0.15, 0.2) is 47.0 Å². The van der Waals surface area contributed by atoms with Gasteiger partial charge in [0, 0.05) is 12.1 Å². The van der Waals surface area contributed by atoms with Crippen molar-refractivity contribution in [1.82, 2.24) is 4.98 Å². The molecule has 2 aromatic carbocycles. The summed E-state index contributed by atoms with van der Waals surface area (Å²) in [6.45, 7) is 1.63. The monoisotopic (exact) mass is 398 g/mol. The van der Waals surface area contributed by atoms with Gasteiger partial charge in [-0.3, -0.25) is 10.1 Å². The molecule has 0 bridgehead atoms. The van der Waals surface area contributed by atoms with E-state index in [4.69, 9.17) is 20.8 Å². The summed E-state index contributed by atoms with van der Waals surface area (Å²) >= 11 is 5.86. The fourth-order valence-corrected chi connectivity index (χ4v) is 2.49. The predicted molar refractivity (Wildman–Crippen MR) is 89.9 cm³/mol. The van der Waals surface area contributed by atoms with Crippen LogP contribution in [0.1, 0.15) is 11.3 Å². The first-order valence-electron chi connectivity index (χ1n) is 7.41. The van der Waals surface area contributed by atoms with Crippen molar-refractivity contribution >= 4 is 17.3 Å². The number of ether oxygens (including phenoxy) is 1. The Morgan fingerprint density at radius 3 is 2.52 bits per heavy atom. The fourth-order valence-electron chi connectivity index (χ4n) is 2.28. The molecule has 10 heteroatoms. The molecule has 0 saturated heterocycles. The molecule has 3 rings (SSSR count). The Bertz CT molecular complexity index is 1020. The van der Waals surface area contributed by atoms with Gasteiger partial charge in [0.1, 0.15) is 22.8 Å². The molecule has 0 atom stereocenters. The molecule has 1 aromatic heterocycles. The van der Waals surface area contributed by atoms with Gasteiger partial charge in [-0.1, -0.05) is 11.6 Å². The second-order valence-electron chi connectivity index (χ2n) is 5.46. The Morgan fingerprint density at radius 1 is 1.22 bits per heavy atom. The molecule has 0 N–H and O–H groups in total. The zero-order valence-corrected chi connectivity index (χ0v) is 14.3. The first-order chi connectivity index (χ1) is 12.6. The molecule has 0 aliphatic rings. The average molecular weight is 399 g/mol. The van der Waals surface area contributed by atoms with Crippen LogP contribution in [0.4, 0.5) is 18.9 Å². The van der Waals surface area contributed by atoms with E-state index >= 15 is 0 Å². The molecule has 0 radical (unpaired) electrons. The topological polar surface area (TPSA) is 78.4 Å². The van der Waals surface area contributed by atoms with Gasteiger partial charge in [0.15, 0.2) is 0 Å². The van der Waals surface area contributed by atoms with E-state index in [9.17, 15) is 23.3 Å². The molecule has 27 heavy (non-hydrogen) atoms. The molecular formula is C17H10ClF3N2O4. The van der Waals surface area contributed by atoms with Gasteiger partial charge < -0.3 is 9.15 Å². The summed E-state index contributed by atoms with van der Waals surface area (Å²) in [5.74, 6) is 0.556. The SMILES string of the molecule is Cc1cnc(-c2cc(Oc3ccc(C(F)(F)F)cc3Cl)ccc2[N+](=O)[O-])o1. The van der Waals surface area contributed by atoms with Gasteiger partial charge >= 0.3 is 6.18 Å². The van der Waals surface area contributed by atoms with Crippen LogP contribution in [0.5, 0.6) is 11.5 Å². The maximum Gasteiger partial charge on any atom is 0.416 e. The van der Waals surface area contributed by atoms with E-state index in [1.807, 2.05) is 0 Å². The first kappa shape index (κ1) is 18.7. The lowest BCUT2D eigenvalue weighted by molar-refractivity contribution is -0.384. The van der Waals surface area contributed by atoms with Gasteiger partial charge in [-0.05, 0) is 31.2 Å². The van der Waals surface area contributed by atoms with E-state index in [1.54, 1.807) is 6.92 Å². The lowest BCUT2D eigenvalue weighted by atomic mass is 10.1. The Labute approximate surface area is 155 Å². The van der Waals surface area contributed by atoms with E-state index in [2.05, 4.69) is 4.98 Å². The number of benzene rings is 2. The molecule has 1 heterocycles. The Kier molecular flexibility index (Phi) is 4.79. The maximum absolute atomic E-state index is 12.7. The number of oxazole rings is 1. The minimum absolute atomic E-state index is 0.0168. The second-order valence-corrected chi connectivity index (χ2v) is 5.86. The highest BCUT2D eigenvalue weighted by atomic mass is 35.5. The van der Waals surface area contributed by atoms with Crippen molar-refractivity contribution in [3.8, 4) is 23.0 Å². The quantitative estimate of drug-likeness (QED) is 0.396. The van der Waals surface area contributed by atoms with Crippen LogP contribution in [0.3, 0.4) is 0 Å². The zero-order chi connectivity index (χ0) is 19.8. The minimum Gasteiger partial charge on any atom is -0.456 e. The fraction of sp³-hybridized carbons (Fsp3) is 0.118. The summed E-state index contributed by atoms with van der Waals surface area (Å²) in [6.07, 6.45) is -3.13. The van der Waals surface area contributed by atoms with Crippen LogP contribution in [0.2, 0.25) is 5.02 Å². The number of aromatic nitrogens is 1. The van der Waals surface area contributed by atoms with Crippen molar-refractivity contribution in [1.29, 1.82) is 0 Å². The smallest absolute Gasteiger partial charge is 0.416 e. The summed E-state index contributed by atoms with van der Waals surface area (Å²) in [6, 6.07) is 6.41. The Hall–Kier alpha value is -3.07. The van der Waals surface area contributed by atoms with Crippen LogP contribution < -0.4 is 4.74 Å². The lowest BCUT2D eigenvalue weighted by Crippen LogP contribution is -2.04. The van der Waals surface area contributed by atoms with E-state index < -0.39 is 16.7 Å². The van der Waals surface area contributed by atoms with E-state index in [1.165, 1.54) is 24.4 Å². The molecular weight excluding hydrogens is 389 g/mol. The zero-order valence-electron chi connectivity index (χ0n) is 13.6. The van der Waals surface area contributed by atoms with Crippen molar-refractivity contribution in [2.75, 3.05) is 0 Å². The number of nitro benzene ring substituents is 1. The molecule has 0 unspecified atom stereocenters. The third-order valence-corrected chi connectivity index (χ3v) is 3.80. The van der Waals surface area contributed by atoms with Crippen molar-refractivity contribution in [2.24, 2.45) is 0 Å². The summed E-state index contributed by atoms with van der Waals surface area (Å²) in [5.41, 5.74) is -1.11. The average Bonchev–Trinajstić information content (AvgIpc) is 3.02. The van der Waals surface area contributed by atoms with Crippen LogP contribution in [0, 0.1) is 17.0 Å². The minimum atomic E-state index is -4.54. The highest BCUT2D eigenvalue weighted by Gasteiger charge is 2.31. The van der Waals surface area contributed by atoms with E-state index in [0.717, 1.165) is 18.2 Å². The van der Waals surface area contributed by atoms with Gasteiger partial charge in [0.25, 0.3) is 5.69 Å². The molecule has 3 aromatic rings. The Morgan fingerprint density at radius 2 is 1.96 bits per heavy atom. The predicted octanol–water partition coefficient (Wildman–Crippen LogP) is 6.02. The van der Waals surface area contributed by atoms with Crippen LogP contribution in [0.25, 0.3) is 11.5 Å². The highest BCUT2D eigenvalue weighted by Crippen LogP contribution is 2.38. The first-order valence-corrected chi connectivity index (χ1v) is 7.79. The molecule has 6 nitrogen and oxygen atoms in total. The summed E-state index contributed by atoms with van der Waals surface area (Å²) in [4.78, 5) is 14.6. The van der Waals surface area contributed by atoms with Crippen molar-refractivity contribution in [2.45, 2.75) is 13.1 Å². The number of alkyl halides is 3. The molecule has 0 fully saturated rings. The summed E-state index contributed by atoms with van der Waals surface area (Å²) in [5, 5.41) is 11.0. The summed E-state index contributed by atoms with van der Waals surface area (Å²) in [7, 11) is 0. The van der Waals surface area contributed by atoms with Crippen LogP contribution in [-0.2, 0) is 6.18 Å². The number of rotatable bonds is 4. The van der Waals surface area contributed by atoms with Crippen molar-refractivity contribution in [3.63, 3.8) is 0 Å². The van der Waals surface area contributed by atoms with Gasteiger partial charge in [0.05, 0.1) is 21.7 Å². The molecule has 0 amide bonds. The molecule has 0 saturated carbocycles. The second kappa shape index (κ2) is 6.92. The lowest BCUT2D eigenvalue weighted by Gasteiger charge is -2.11. The van der Waals surface area contributed by atoms with Crippen LogP contribution >= 0.6 is 11.6 Å². The molecule has 0 aliphatic carbocycles. The number of aryl methyl sites for hydroxylation is 1. The van der Waals surface area contributed by atoms with E-state index in [0.29, 0.717) is 5.76 Å². The van der Waals surface area contributed by atoms with Gasteiger partial charge in [-0.25, -0.2) is 4.98 Å². The van der Waals surface area contributed by atoms with Crippen molar-refractivity contribution < 1.29 is 27.2 Å². The molecule has 0 spiro atoms. The summed E-state index contributed by atoms with van der Waals surface area (Å²) < 4.78 is 48.9. The third-order valence-electron chi connectivity index (χ3n) is 3.50. The van der Waals surface area contributed by atoms with E-state index in [-0.39, 0.29) is 33.7 Å². The number of nitrogens with zero attached hydrogens (tertiary/aromatic N) is 2. The number of nitro groups is 1. The van der Waals surface area contributed by atoms with Crippen molar-refractivity contribution in [3.05, 3.63) is 69.1 Å². The molecule has 140 valence electrons. The normalized spacial score (nSPS) is 11.4. The van der Waals surface area contributed by atoms with Gasteiger partial charge in [0.2, 0.25) is 5.89 Å². The van der Waals surface area contributed by atoms with Gasteiger partial charge in [-0.2, -0.15) is 13.2 Å². The number of halogens is 4. The largest absolute Gasteiger partial charge is 0.456 e. The Balaban J connectivity index is 1.98. The molecule has 0 aliphatic heterocycles. The highest BCUT2D eigenvalue weighted by molar-refractivity contribution is 6.32. The number of hydrogen-bond donors (Lipinski definition) is 0. The number of hydrogen-bond acceptors (Lipinski definition) is 5. The standard InChI is InChI=1S/C17H10ClF3N2O4/c1-9-8-22-16(26-9)12-7-11(3-4-14(12)23(24)25)27-15-5-2-10(6-13(15)18)17(19,20)21/h2-8H,1H3. The third kappa shape index (κ3) is 4.03.